The van der Waals surface area contributed by atoms with E-state index in [1.807, 2.05) is 24.3 Å². The number of carbonyl (C=O) groups is 3. The minimum absolute atomic E-state index is 0.255. The minimum atomic E-state index is -0.698. The monoisotopic (exact) mass is 398 g/mol. The molecule has 0 aliphatic heterocycles. The summed E-state index contributed by atoms with van der Waals surface area (Å²) in [5.41, 5.74) is 7.42. The van der Waals surface area contributed by atoms with Crippen LogP contribution < -0.4 is 21.3 Å². The molecule has 0 aromatic heterocycles. The van der Waals surface area contributed by atoms with E-state index in [1.54, 1.807) is 0 Å². The number of primary amides is 1. The standard InChI is InChI=1S/C21H26N4O4/c1-4-25(14(2)3)18-11-9-16(10-12-18)23-19(26)13-29-20(27)15-5-7-17(8-6-15)24-21(22)28/h5-12,14H,4,13H2,1-3H3,(H,23,26)(H3,22,24,28). The van der Waals surface area contributed by atoms with Crippen molar-refractivity contribution >= 4 is 35.0 Å². The molecule has 0 spiro atoms. The first kappa shape index (κ1) is 21.7. The van der Waals surface area contributed by atoms with E-state index >= 15 is 0 Å². The fraction of sp³-hybridized carbons (Fsp3) is 0.286. The van der Waals surface area contributed by atoms with E-state index in [4.69, 9.17) is 10.5 Å². The predicted molar refractivity (Wildman–Crippen MR) is 113 cm³/mol. The Morgan fingerprint density at radius 3 is 2.03 bits per heavy atom. The lowest BCUT2D eigenvalue weighted by atomic mass is 10.2. The highest BCUT2D eigenvalue weighted by Crippen LogP contribution is 2.20. The summed E-state index contributed by atoms with van der Waals surface area (Å²) in [6.45, 7) is 6.81. The average molecular weight is 398 g/mol. The van der Waals surface area contributed by atoms with Crippen LogP contribution in [0.15, 0.2) is 48.5 Å². The predicted octanol–water partition coefficient (Wildman–Crippen LogP) is 3.21. The van der Waals surface area contributed by atoms with Crippen molar-refractivity contribution in [1.29, 1.82) is 0 Å². The van der Waals surface area contributed by atoms with Crippen LogP contribution in [0.25, 0.3) is 0 Å². The Hall–Kier alpha value is -3.55. The van der Waals surface area contributed by atoms with Gasteiger partial charge in [-0.1, -0.05) is 0 Å². The van der Waals surface area contributed by atoms with Gasteiger partial charge in [-0.2, -0.15) is 0 Å². The van der Waals surface area contributed by atoms with Gasteiger partial charge in [0.25, 0.3) is 5.91 Å². The van der Waals surface area contributed by atoms with E-state index in [0.29, 0.717) is 17.4 Å². The van der Waals surface area contributed by atoms with Gasteiger partial charge in [-0.05, 0) is 69.3 Å². The first-order valence-electron chi connectivity index (χ1n) is 9.30. The van der Waals surface area contributed by atoms with E-state index < -0.39 is 24.5 Å². The zero-order chi connectivity index (χ0) is 21.4. The van der Waals surface area contributed by atoms with Crippen molar-refractivity contribution in [2.75, 3.05) is 28.7 Å². The summed E-state index contributed by atoms with van der Waals surface area (Å²) in [6.07, 6.45) is 0. The van der Waals surface area contributed by atoms with Gasteiger partial charge in [-0.15, -0.1) is 0 Å². The molecule has 0 aliphatic rings. The Morgan fingerprint density at radius 1 is 0.966 bits per heavy atom. The second-order valence-electron chi connectivity index (χ2n) is 6.62. The van der Waals surface area contributed by atoms with Crippen LogP contribution in [0.3, 0.4) is 0 Å². The lowest BCUT2D eigenvalue weighted by Gasteiger charge is -2.27. The number of benzene rings is 2. The Morgan fingerprint density at radius 2 is 1.52 bits per heavy atom. The highest BCUT2D eigenvalue weighted by molar-refractivity contribution is 5.96. The van der Waals surface area contributed by atoms with E-state index in [-0.39, 0.29) is 5.56 Å². The Bertz CT molecular complexity index is 848. The molecule has 8 nitrogen and oxygen atoms in total. The summed E-state index contributed by atoms with van der Waals surface area (Å²) in [6, 6.07) is 13.1. The van der Waals surface area contributed by atoms with E-state index in [9.17, 15) is 14.4 Å². The Balaban J connectivity index is 1.86. The maximum absolute atomic E-state index is 12.0. The van der Waals surface area contributed by atoms with Crippen molar-refractivity contribution in [2.24, 2.45) is 5.73 Å². The van der Waals surface area contributed by atoms with Crippen LogP contribution in [0.2, 0.25) is 0 Å². The zero-order valence-electron chi connectivity index (χ0n) is 16.8. The highest BCUT2D eigenvalue weighted by Gasteiger charge is 2.12. The first-order chi connectivity index (χ1) is 13.8. The van der Waals surface area contributed by atoms with Crippen LogP contribution in [0.1, 0.15) is 31.1 Å². The molecule has 2 aromatic rings. The summed E-state index contributed by atoms with van der Waals surface area (Å²) < 4.78 is 5.02. The number of esters is 1. The summed E-state index contributed by atoms with van der Waals surface area (Å²) in [4.78, 5) is 37.1. The quantitative estimate of drug-likeness (QED) is 0.591. The molecule has 0 fully saturated rings. The number of hydrogen-bond donors (Lipinski definition) is 3. The third kappa shape index (κ3) is 6.53. The fourth-order valence-corrected chi connectivity index (χ4v) is 2.83. The lowest BCUT2D eigenvalue weighted by molar-refractivity contribution is -0.119. The largest absolute Gasteiger partial charge is 0.452 e. The van der Waals surface area contributed by atoms with Gasteiger partial charge in [0.05, 0.1) is 5.56 Å². The van der Waals surface area contributed by atoms with Crippen LogP contribution in [0.5, 0.6) is 0 Å². The molecule has 3 amide bonds. The summed E-state index contributed by atoms with van der Waals surface area (Å²) in [7, 11) is 0. The lowest BCUT2D eigenvalue weighted by Crippen LogP contribution is -2.30. The number of nitrogens with zero attached hydrogens (tertiary/aromatic N) is 1. The molecule has 0 atom stereocenters. The second kappa shape index (κ2) is 10.1. The van der Waals surface area contributed by atoms with Crippen LogP contribution in [-0.4, -0.2) is 37.1 Å². The normalized spacial score (nSPS) is 10.3. The number of nitrogens with one attached hydrogen (secondary N) is 2. The fourth-order valence-electron chi connectivity index (χ4n) is 2.83. The van der Waals surface area contributed by atoms with Gasteiger partial charge in [0.15, 0.2) is 6.61 Å². The molecule has 2 aromatic carbocycles. The molecule has 2 rings (SSSR count). The molecule has 0 saturated carbocycles. The third-order valence-corrected chi connectivity index (χ3v) is 4.17. The molecular weight excluding hydrogens is 372 g/mol. The van der Waals surface area contributed by atoms with Crippen molar-refractivity contribution in [3.63, 3.8) is 0 Å². The Kier molecular flexibility index (Phi) is 7.59. The van der Waals surface area contributed by atoms with E-state index in [0.717, 1.165) is 12.2 Å². The molecule has 29 heavy (non-hydrogen) atoms. The van der Waals surface area contributed by atoms with Gasteiger partial charge in [-0.3, -0.25) is 4.79 Å². The Labute approximate surface area is 170 Å². The molecule has 0 aliphatic carbocycles. The number of nitrogens with two attached hydrogens (primary N) is 1. The van der Waals surface area contributed by atoms with E-state index in [2.05, 4.69) is 36.3 Å². The molecule has 4 N–H and O–H groups in total. The highest BCUT2D eigenvalue weighted by atomic mass is 16.5. The van der Waals surface area contributed by atoms with Gasteiger partial charge >= 0.3 is 12.0 Å². The van der Waals surface area contributed by atoms with Crippen molar-refractivity contribution < 1.29 is 19.1 Å². The number of anilines is 3. The molecule has 8 heteroatoms. The number of hydrogen-bond acceptors (Lipinski definition) is 5. The number of ether oxygens (including phenoxy) is 1. The van der Waals surface area contributed by atoms with Gasteiger partial charge < -0.3 is 26.0 Å². The van der Waals surface area contributed by atoms with Gasteiger partial charge in [0.2, 0.25) is 0 Å². The number of urea groups is 1. The van der Waals surface area contributed by atoms with Gasteiger partial charge in [-0.25, -0.2) is 9.59 Å². The average Bonchev–Trinajstić information content (AvgIpc) is 2.68. The second-order valence-corrected chi connectivity index (χ2v) is 6.62. The maximum atomic E-state index is 12.0. The van der Waals surface area contributed by atoms with Crippen LogP contribution in [-0.2, 0) is 9.53 Å². The van der Waals surface area contributed by atoms with Gasteiger partial charge in [0, 0.05) is 29.6 Å². The topological polar surface area (TPSA) is 114 Å². The maximum Gasteiger partial charge on any atom is 0.338 e. The zero-order valence-corrected chi connectivity index (χ0v) is 16.8. The molecule has 0 unspecified atom stereocenters. The molecule has 154 valence electrons. The SMILES string of the molecule is CCN(c1ccc(NC(=O)COC(=O)c2ccc(NC(N)=O)cc2)cc1)C(C)C. The smallest absolute Gasteiger partial charge is 0.338 e. The third-order valence-electron chi connectivity index (χ3n) is 4.17. The van der Waals surface area contributed by atoms with Gasteiger partial charge in [0.1, 0.15) is 0 Å². The minimum Gasteiger partial charge on any atom is -0.452 e. The summed E-state index contributed by atoms with van der Waals surface area (Å²) >= 11 is 0. The number of amides is 3. The van der Waals surface area contributed by atoms with Crippen LogP contribution in [0, 0.1) is 0 Å². The molecule has 0 saturated heterocycles. The van der Waals surface area contributed by atoms with Crippen LogP contribution >= 0.6 is 0 Å². The molecule has 0 radical (unpaired) electrons. The number of carbonyl (C=O) groups excluding carboxylic acids is 3. The first-order valence-corrected chi connectivity index (χ1v) is 9.30. The summed E-state index contributed by atoms with van der Waals surface area (Å²) in [5.74, 6) is -1.08. The van der Waals surface area contributed by atoms with Crippen molar-refractivity contribution in [3.8, 4) is 0 Å². The van der Waals surface area contributed by atoms with Crippen LogP contribution in [0.4, 0.5) is 21.9 Å². The molecule has 0 bridgehead atoms. The van der Waals surface area contributed by atoms with Crippen molar-refractivity contribution in [2.45, 2.75) is 26.8 Å². The van der Waals surface area contributed by atoms with Crippen molar-refractivity contribution in [1.82, 2.24) is 0 Å². The molecule has 0 heterocycles. The van der Waals surface area contributed by atoms with Crippen molar-refractivity contribution in [3.05, 3.63) is 54.1 Å². The summed E-state index contributed by atoms with van der Waals surface area (Å²) in [5, 5.41) is 5.09. The van der Waals surface area contributed by atoms with E-state index in [1.165, 1.54) is 24.3 Å². The number of rotatable bonds is 8. The molecular formula is C21H26N4O4.